The first kappa shape index (κ1) is 39.4. The van der Waals surface area contributed by atoms with Crippen molar-refractivity contribution in [3.05, 3.63) is 66.0 Å². The number of nitrogens with zero attached hydrogens (tertiary/aromatic N) is 2. The molecule has 1 saturated heterocycles. The fraction of sp³-hybridized carbons (Fsp3) is 0.528. The molecule has 50 heavy (non-hydrogen) atoms. The molecule has 1 aliphatic heterocycles. The molecule has 1 fully saturated rings. The highest BCUT2D eigenvalue weighted by Gasteiger charge is 2.41. The number of ether oxygens (including phenoxy) is 2. The zero-order valence-electron chi connectivity index (χ0n) is 29.4. The van der Waals surface area contributed by atoms with Gasteiger partial charge < -0.3 is 35.4 Å². The number of rotatable bonds is 16. The maximum atomic E-state index is 13.9. The molecule has 3 rings (SSSR count). The van der Waals surface area contributed by atoms with Crippen molar-refractivity contribution in [3.8, 4) is 0 Å². The van der Waals surface area contributed by atoms with E-state index in [4.69, 9.17) is 9.47 Å². The molecule has 0 aliphatic carbocycles. The van der Waals surface area contributed by atoms with Crippen LogP contribution >= 0.6 is 0 Å². The van der Waals surface area contributed by atoms with Gasteiger partial charge in [-0.3, -0.25) is 19.4 Å². The van der Waals surface area contributed by atoms with Crippen molar-refractivity contribution < 1.29 is 43.3 Å². The van der Waals surface area contributed by atoms with Gasteiger partial charge in [0.05, 0.1) is 12.2 Å². The molecule has 14 heteroatoms. The Balaban J connectivity index is 1.73. The van der Waals surface area contributed by atoms with E-state index in [0.717, 1.165) is 0 Å². The molecule has 0 spiro atoms. The van der Waals surface area contributed by atoms with Gasteiger partial charge in [-0.15, -0.1) is 0 Å². The first-order valence-corrected chi connectivity index (χ1v) is 16.9. The zero-order chi connectivity index (χ0) is 36.9. The van der Waals surface area contributed by atoms with Crippen molar-refractivity contribution in [2.24, 2.45) is 0 Å². The number of amides is 4. The van der Waals surface area contributed by atoms with Gasteiger partial charge in [0.15, 0.2) is 0 Å². The Morgan fingerprint density at radius 3 is 2.26 bits per heavy atom. The Morgan fingerprint density at radius 2 is 1.64 bits per heavy atom. The molecule has 1 aromatic heterocycles. The summed E-state index contributed by atoms with van der Waals surface area (Å²) in [7, 11) is 0. The number of carboxylic acid groups (broad SMARTS) is 1. The molecule has 1 aromatic carbocycles. The van der Waals surface area contributed by atoms with E-state index in [9.17, 15) is 33.9 Å². The normalized spacial score (nSPS) is 16.7. The van der Waals surface area contributed by atoms with Gasteiger partial charge in [-0.2, -0.15) is 0 Å². The summed E-state index contributed by atoms with van der Waals surface area (Å²) in [6.45, 7) is 8.60. The molecule has 0 saturated carbocycles. The molecule has 4 atom stereocenters. The Kier molecular flexibility index (Phi) is 14.3. The average Bonchev–Trinajstić information content (AvgIpc) is 3.57. The summed E-state index contributed by atoms with van der Waals surface area (Å²) >= 11 is 0. The number of hydrogen-bond acceptors (Lipinski definition) is 9. The molecule has 2 aromatic rings. The third-order valence-corrected chi connectivity index (χ3v) is 8.36. The van der Waals surface area contributed by atoms with Crippen molar-refractivity contribution in [2.75, 3.05) is 13.2 Å². The van der Waals surface area contributed by atoms with Crippen LogP contribution in [0.15, 0.2) is 54.9 Å². The van der Waals surface area contributed by atoms with Gasteiger partial charge in [-0.1, -0.05) is 25.1 Å². The third kappa shape index (κ3) is 11.8. The Hall–Kier alpha value is -5.01. The van der Waals surface area contributed by atoms with Crippen LogP contribution in [-0.2, 0) is 35.1 Å². The van der Waals surface area contributed by atoms with E-state index in [0.29, 0.717) is 36.8 Å². The minimum absolute atomic E-state index is 0.0708. The number of pyridine rings is 1. The van der Waals surface area contributed by atoms with Gasteiger partial charge in [-0.25, -0.2) is 14.4 Å². The summed E-state index contributed by atoms with van der Waals surface area (Å²) in [5, 5.41) is 17.8. The van der Waals surface area contributed by atoms with E-state index < -0.39 is 65.0 Å². The quantitative estimate of drug-likeness (QED) is 0.149. The topological polar surface area (TPSA) is 193 Å². The van der Waals surface area contributed by atoms with Gasteiger partial charge in [0.2, 0.25) is 17.7 Å². The Bertz CT molecular complexity index is 1480. The van der Waals surface area contributed by atoms with Crippen molar-refractivity contribution in [3.63, 3.8) is 0 Å². The monoisotopic (exact) mass is 695 g/mol. The van der Waals surface area contributed by atoms with Crippen LogP contribution in [0.5, 0.6) is 0 Å². The smallest absolute Gasteiger partial charge is 0.408 e. The van der Waals surface area contributed by atoms with Gasteiger partial charge in [0.1, 0.15) is 29.3 Å². The fourth-order valence-corrected chi connectivity index (χ4v) is 5.42. The number of alkyl carbamates (subject to hydrolysis) is 1. The Morgan fingerprint density at radius 1 is 0.960 bits per heavy atom. The SMILES string of the molecule is CC[C@](C)(NC(=O)[C@H](CCCCOC(=O)c1ccccc1)NC(=O)OC(C)(C)C)C(=O)N[C@@H](Cc1ccncc1)C(=O)N1CCC[C@@H]1C(=O)O. The van der Waals surface area contributed by atoms with Crippen LogP contribution in [0.1, 0.15) is 89.1 Å². The second-order valence-electron chi connectivity index (χ2n) is 13.5. The lowest BCUT2D eigenvalue weighted by Gasteiger charge is -2.34. The number of carbonyl (C=O) groups excluding carboxylic acids is 5. The van der Waals surface area contributed by atoms with Gasteiger partial charge >= 0.3 is 18.0 Å². The standard InChI is InChI=1S/C36H49N5O9/c1-6-36(5,33(47)38-27(23-24-17-19-37-20-18-24)30(43)41-21-12-16-28(41)31(44)45)40-29(42)26(39-34(48)50-35(2,3)4)15-10-11-22-49-32(46)25-13-8-7-9-14-25/h7-9,13-14,17-20,26-28H,6,10-12,15-16,21-23H2,1-5H3,(H,38,47)(H,39,48)(H,40,42)(H,44,45)/t26-,27-,28+,36-/m0/s1. The van der Waals surface area contributed by atoms with E-state index in [-0.39, 0.29) is 32.4 Å². The number of nitrogens with one attached hydrogen (secondary N) is 3. The summed E-state index contributed by atoms with van der Waals surface area (Å²) in [5.41, 5.74) is -1.24. The Labute approximate surface area is 292 Å². The average molecular weight is 696 g/mol. The number of benzene rings is 1. The van der Waals surface area contributed by atoms with Crippen LogP contribution in [0.25, 0.3) is 0 Å². The summed E-state index contributed by atoms with van der Waals surface area (Å²) in [5.74, 6) is -3.44. The predicted octanol–water partition coefficient (Wildman–Crippen LogP) is 3.39. The van der Waals surface area contributed by atoms with E-state index >= 15 is 0 Å². The number of aromatic nitrogens is 1. The number of aliphatic carboxylic acids is 1. The number of carboxylic acids is 1. The van der Waals surface area contributed by atoms with Crippen LogP contribution in [0.4, 0.5) is 4.79 Å². The highest BCUT2D eigenvalue weighted by molar-refractivity contribution is 5.97. The summed E-state index contributed by atoms with van der Waals surface area (Å²) < 4.78 is 10.7. The lowest BCUT2D eigenvalue weighted by molar-refractivity contribution is -0.149. The first-order valence-electron chi connectivity index (χ1n) is 16.9. The third-order valence-electron chi connectivity index (χ3n) is 8.36. The minimum atomic E-state index is -1.52. The van der Waals surface area contributed by atoms with Crippen molar-refractivity contribution in [2.45, 2.75) is 109 Å². The lowest BCUT2D eigenvalue weighted by atomic mass is 9.95. The lowest BCUT2D eigenvalue weighted by Crippen LogP contribution is -2.63. The highest BCUT2D eigenvalue weighted by atomic mass is 16.6. The van der Waals surface area contributed by atoms with E-state index in [1.165, 1.54) is 11.8 Å². The van der Waals surface area contributed by atoms with Gasteiger partial charge in [0, 0.05) is 25.4 Å². The van der Waals surface area contributed by atoms with Crippen LogP contribution in [0, 0.1) is 0 Å². The summed E-state index contributed by atoms with van der Waals surface area (Å²) in [6.07, 6.45) is 4.22. The zero-order valence-corrected chi connectivity index (χ0v) is 29.4. The largest absolute Gasteiger partial charge is 0.480 e. The molecule has 0 radical (unpaired) electrons. The van der Waals surface area contributed by atoms with Crippen molar-refractivity contribution in [1.29, 1.82) is 0 Å². The van der Waals surface area contributed by atoms with Crippen molar-refractivity contribution >= 4 is 35.8 Å². The minimum Gasteiger partial charge on any atom is -0.480 e. The molecule has 2 heterocycles. The molecule has 0 bridgehead atoms. The maximum Gasteiger partial charge on any atom is 0.408 e. The number of esters is 1. The van der Waals surface area contributed by atoms with Crippen molar-refractivity contribution in [1.82, 2.24) is 25.8 Å². The van der Waals surface area contributed by atoms with E-state index in [2.05, 4.69) is 20.9 Å². The molecule has 4 N–H and O–H groups in total. The second kappa shape index (κ2) is 18.1. The van der Waals surface area contributed by atoms with Gasteiger partial charge in [0.25, 0.3) is 0 Å². The highest BCUT2D eigenvalue weighted by Crippen LogP contribution is 2.21. The summed E-state index contributed by atoms with van der Waals surface area (Å²) in [6, 6.07) is 8.70. The fourth-order valence-electron chi connectivity index (χ4n) is 5.42. The molecule has 4 amide bonds. The molecule has 272 valence electrons. The van der Waals surface area contributed by atoms with E-state index in [1.807, 2.05) is 0 Å². The number of likely N-dealkylation sites (tertiary alicyclic amines) is 1. The second-order valence-corrected chi connectivity index (χ2v) is 13.5. The molecular formula is C36H49N5O9. The molecule has 14 nitrogen and oxygen atoms in total. The van der Waals surface area contributed by atoms with E-state index in [1.54, 1.807) is 82.6 Å². The number of carbonyl (C=O) groups is 6. The number of unbranched alkanes of at least 4 members (excludes halogenated alkanes) is 1. The van der Waals surface area contributed by atoms with Crippen LogP contribution in [0.3, 0.4) is 0 Å². The van der Waals surface area contributed by atoms with Crippen LogP contribution in [0.2, 0.25) is 0 Å². The first-order chi connectivity index (χ1) is 23.6. The molecule has 0 unspecified atom stereocenters. The molecule has 1 aliphatic rings. The summed E-state index contributed by atoms with van der Waals surface area (Å²) in [4.78, 5) is 83.5. The van der Waals surface area contributed by atoms with Crippen LogP contribution in [-0.4, -0.2) is 93.2 Å². The maximum absolute atomic E-state index is 13.9. The molecular weight excluding hydrogens is 646 g/mol. The van der Waals surface area contributed by atoms with Gasteiger partial charge in [-0.05, 0) is 96.0 Å². The number of hydrogen-bond donors (Lipinski definition) is 4. The predicted molar refractivity (Wildman–Crippen MR) is 183 cm³/mol. The van der Waals surface area contributed by atoms with Crippen LogP contribution < -0.4 is 16.0 Å².